The summed E-state index contributed by atoms with van der Waals surface area (Å²) < 4.78 is 0.660. The lowest BCUT2D eigenvalue weighted by molar-refractivity contribution is 0.0891. The van der Waals surface area contributed by atoms with Crippen LogP contribution in [0.25, 0.3) is 10.2 Å². The minimum Gasteiger partial charge on any atom is -0.465 e. The van der Waals surface area contributed by atoms with Crippen LogP contribution in [0.15, 0.2) is 36.4 Å². The lowest BCUT2D eigenvalue weighted by Crippen LogP contribution is -2.44. The number of hydrogen-bond acceptors (Lipinski definition) is 3. The molecule has 0 spiro atoms. The molecule has 4 rings (SSSR count). The molecule has 8 heteroatoms. The monoisotopic (exact) mass is 389 g/mol. The van der Waals surface area contributed by atoms with Gasteiger partial charge in [-0.25, -0.2) is 4.79 Å². The molecule has 0 fully saturated rings. The first-order chi connectivity index (χ1) is 12.4. The van der Waals surface area contributed by atoms with E-state index in [4.69, 9.17) is 11.6 Å². The fourth-order valence-electron chi connectivity index (χ4n) is 3.56. The Morgan fingerprint density at radius 3 is 2.85 bits per heavy atom. The molecular weight excluding hydrogens is 374 g/mol. The minimum absolute atomic E-state index is 0.258. The summed E-state index contributed by atoms with van der Waals surface area (Å²) in [5.74, 6) is -0.258. The summed E-state index contributed by atoms with van der Waals surface area (Å²) in [6.45, 7) is 0. The largest absolute Gasteiger partial charge is 0.465 e. The van der Waals surface area contributed by atoms with Crippen molar-refractivity contribution in [2.45, 2.75) is 18.5 Å². The smallest absolute Gasteiger partial charge is 0.407 e. The number of rotatable bonds is 3. The summed E-state index contributed by atoms with van der Waals surface area (Å²) in [6.07, 6.45) is -0.438. The van der Waals surface area contributed by atoms with Gasteiger partial charge < -0.3 is 20.3 Å². The van der Waals surface area contributed by atoms with E-state index in [-0.39, 0.29) is 11.9 Å². The molecule has 26 heavy (non-hydrogen) atoms. The first kappa shape index (κ1) is 16.9. The van der Waals surface area contributed by atoms with Crippen molar-refractivity contribution in [3.63, 3.8) is 0 Å². The van der Waals surface area contributed by atoms with Crippen molar-refractivity contribution in [3.8, 4) is 0 Å². The van der Waals surface area contributed by atoms with Crippen LogP contribution in [0.1, 0.15) is 27.7 Å². The number of aromatic nitrogens is 1. The first-order valence-electron chi connectivity index (χ1n) is 8.06. The Balaban J connectivity index is 1.60. The lowest BCUT2D eigenvalue weighted by atomic mass is 10.1. The van der Waals surface area contributed by atoms with E-state index in [1.54, 1.807) is 12.1 Å². The molecule has 0 aliphatic heterocycles. The number of carbonyl (C=O) groups is 2. The van der Waals surface area contributed by atoms with E-state index < -0.39 is 12.1 Å². The number of likely N-dealkylation sites (N-methyl/N-ethyl adjacent to an activating group) is 1. The van der Waals surface area contributed by atoms with Crippen LogP contribution < -0.4 is 5.32 Å². The highest BCUT2D eigenvalue weighted by atomic mass is 35.5. The van der Waals surface area contributed by atoms with E-state index in [1.807, 2.05) is 24.3 Å². The third kappa shape index (κ3) is 2.83. The number of H-pyrrole nitrogens is 1. The second kappa shape index (κ2) is 6.34. The van der Waals surface area contributed by atoms with Gasteiger partial charge in [0.25, 0.3) is 5.91 Å². The average Bonchev–Trinajstić information content (AvgIpc) is 3.24. The molecule has 2 amide bonds. The molecule has 0 radical (unpaired) electrons. The molecule has 1 aromatic carbocycles. The van der Waals surface area contributed by atoms with Gasteiger partial charge in [-0.3, -0.25) is 4.79 Å². The van der Waals surface area contributed by atoms with Crippen molar-refractivity contribution in [1.82, 2.24) is 15.2 Å². The molecule has 134 valence electrons. The van der Waals surface area contributed by atoms with E-state index >= 15 is 0 Å². The molecule has 2 aromatic heterocycles. The first-order valence-corrected chi connectivity index (χ1v) is 9.26. The van der Waals surface area contributed by atoms with Crippen LogP contribution in [0.5, 0.6) is 0 Å². The highest BCUT2D eigenvalue weighted by Crippen LogP contribution is 2.36. The molecule has 0 saturated heterocycles. The quantitative estimate of drug-likeness (QED) is 0.635. The zero-order valence-corrected chi connectivity index (χ0v) is 15.4. The molecule has 2 heterocycles. The Labute approximate surface area is 158 Å². The molecular formula is C18H16ClN3O3S. The van der Waals surface area contributed by atoms with Crippen molar-refractivity contribution in [2.75, 3.05) is 7.05 Å². The standard InChI is InChI=1S/C18H16ClN3O3S/c1-22(18(24)25)15-11-5-3-2-4-9(11)6-12(15)20-16(23)13-7-10-8-14(19)26-17(10)21-13/h2-5,7-8,12,15,21H,6H2,1H3,(H,20,23)(H,24,25)/t12-,15-/m1/s1. The van der Waals surface area contributed by atoms with Crippen LogP contribution in [0.4, 0.5) is 4.79 Å². The van der Waals surface area contributed by atoms with E-state index in [2.05, 4.69) is 10.3 Å². The Kier molecular flexibility index (Phi) is 4.13. The molecule has 3 aromatic rings. The normalized spacial score (nSPS) is 18.7. The molecule has 2 atom stereocenters. The third-order valence-electron chi connectivity index (χ3n) is 4.75. The molecule has 3 N–H and O–H groups in total. The van der Waals surface area contributed by atoms with Crippen LogP contribution in [0.3, 0.4) is 0 Å². The summed E-state index contributed by atoms with van der Waals surface area (Å²) >= 11 is 7.34. The van der Waals surface area contributed by atoms with Gasteiger partial charge in [0.1, 0.15) is 10.5 Å². The maximum Gasteiger partial charge on any atom is 0.407 e. The number of carboxylic acid groups (broad SMARTS) is 1. The Morgan fingerprint density at radius 1 is 1.35 bits per heavy atom. The van der Waals surface area contributed by atoms with Gasteiger partial charge in [0.15, 0.2) is 0 Å². The number of fused-ring (bicyclic) bond motifs is 2. The number of benzene rings is 1. The second-order valence-corrected chi connectivity index (χ2v) is 8.02. The Hall–Kier alpha value is -2.51. The van der Waals surface area contributed by atoms with E-state index in [1.165, 1.54) is 23.3 Å². The highest BCUT2D eigenvalue weighted by Gasteiger charge is 2.38. The predicted molar refractivity (Wildman–Crippen MR) is 101 cm³/mol. The molecule has 1 aliphatic carbocycles. The number of nitrogens with zero attached hydrogens (tertiary/aromatic N) is 1. The number of aromatic amines is 1. The fraction of sp³-hybridized carbons (Fsp3) is 0.222. The summed E-state index contributed by atoms with van der Waals surface area (Å²) in [4.78, 5) is 29.4. The van der Waals surface area contributed by atoms with Crippen LogP contribution in [-0.2, 0) is 6.42 Å². The number of nitrogens with one attached hydrogen (secondary N) is 2. The zero-order valence-electron chi connectivity index (χ0n) is 13.8. The van der Waals surface area contributed by atoms with Gasteiger partial charge in [-0.05, 0) is 29.7 Å². The van der Waals surface area contributed by atoms with Gasteiger partial charge in [-0.2, -0.15) is 0 Å². The Morgan fingerprint density at radius 2 is 2.12 bits per heavy atom. The van der Waals surface area contributed by atoms with Crippen LogP contribution in [0, 0.1) is 0 Å². The fourth-order valence-corrected chi connectivity index (χ4v) is 4.69. The van der Waals surface area contributed by atoms with Crippen LogP contribution >= 0.6 is 22.9 Å². The van der Waals surface area contributed by atoms with E-state index in [0.717, 1.165) is 21.3 Å². The highest BCUT2D eigenvalue weighted by molar-refractivity contribution is 7.22. The SMILES string of the molecule is CN(C(=O)O)[C@@H]1c2ccccc2C[C@H]1NC(=O)c1cc2cc(Cl)sc2[nH]1. The number of thiophene rings is 1. The maximum absolute atomic E-state index is 12.7. The van der Waals surface area contributed by atoms with Crippen LogP contribution in [0.2, 0.25) is 4.34 Å². The van der Waals surface area contributed by atoms with Crippen molar-refractivity contribution in [2.24, 2.45) is 0 Å². The van der Waals surface area contributed by atoms with Crippen LogP contribution in [-0.4, -0.2) is 40.1 Å². The van der Waals surface area contributed by atoms with Crippen molar-refractivity contribution >= 4 is 45.2 Å². The Bertz CT molecular complexity index is 981. The number of amides is 2. The molecule has 0 saturated carbocycles. The van der Waals surface area contributed by atoms with Crippen molar-refractivity contribution in [3.05, 3.63) is 57.6 Å². The van der Waals surface area contributed by atoms with Crippen molar-refractivity contribution in [1.29, 1.82) is 0 Å². The average molecular weight is 390 g/mol. The minimum atomic E-state index is -1.03. The molecule has 1 aliphatic rings. The molecule has 6 nitrogen and oxygen atoms in total. The van der Waals surface area contributed by atoms with Gasteiger partial charge in [-0.1, -0.05) is 35.9 Å². The number of halogens is 1. The topological polar surface area (TPSA) is 85.4 Å². The zero-order chi connectivity index (χ0) is 18.4. The number of carbonyl (C=O) groups excluding carboxylic acids is 1. The maximum atomic E-state index is 12.7. The second-order valence-electron chi connectivity index (χ2n) is 6.34. The molecule has 0 unspecified atom stereocenters. The summed E-state index contributed by atoms with van der Waals surface area (Å²) in [5, 5.41) is 13.3. The van der Waals surface area contributed by atoms with Crippen molar-refractivity contribution < 1.29 is 14.7 Å². The van der Waals surface area contributed by atoms with Gasteiger partial charge in [0.05, 0.1) is 16.4 Å². The van der Waals surface area contributed by atoms with E-state index in [0.29, 0.717) is 16.5 Å². The van der Waals surface area contributed by atoms with Gasteiger partial charge in [0.2, 0.25) is 0 Å². The predicted octanol–water partition coefficient (Wildman–Crippen LogP) is 3.89. The lowest BCUT2D eigenvalue weighted by Gasteiger charge is -2.28. The van der Waals surface area contributed by atoms with Gasteiger partial charge >= 0.3 is 6.09 Å². The molecule has 0 bridgehead atoms. The van der Waals surface area contributed by atoms with Gasteiger partial charge in [0, 0.05) is 12.4 Å². The third-order valence-corrected chi connectivity index (χ3v) is 5.95. The summed E-state index contributed by atoms with van der Waals surface area (Å²) in [6, 6.07) is 10.5. The van der Waals surface area contributed by atoms with E-state index in [9.17, 15) is 14.7 Å². The van der Waals surface area contributed by atoms with Gasteiger partial charge in [-0.15, -0.1) is 11.3 Å². The number of hydrogen-bond donors (Lipinski definition) is 3. The summed E-state index contributed by atoms with van der Waals surface area (Å²) in [5.41, 5.74) is 2.42. The summed E-state index contributed by atoms with van der Waals surface area (Å²) in [7, 11) is 1.53.